The zero-order valence-corrected chi connectivity index (χ0v) is 12.5. The molecule has 1 amide bonds. The van der Waals surface area contributed by atoms with Crippen molar-refractivity contribution in [1.29, 1.82) is 0 Å². The highest BCUT2D eigenvalue weighted by Crippen LogP contribution is 2.14. The molecule has 1 N–H and O–H groups in total. The van der Waals surface area contributed by atoms with Gasteiger partial charge in [0, 0.05) is 17.3 Å². The molecule has 1 aromatic carbocycles. The van der Waals surface area contributed by atoms with E-state index in [2.05, 4.69) is 16.8 Å². The van der Waals surface area contributed by atoms with E-state index in [1.807, 2.05) is 20.8 Å². The zero-order chi connectivity index (χ0) is 14.4. The summed E-state index contributed by atoms with van der Waals surface area (Å²) in [5.74, 6) is -0.0228. The molecular formula is C15H21ClN2O. The van der Waals surface area contributed by atoms with E-state index in [0.29, 0.717) is 5.02 Å². The zero-order valence-electron chi connectivity index (χ0n) is 11.7. The first-order valence-corrected chi connectivity index (χ1v) is 6.76. The fraction of sp³-hybridized carbons (Fsp3) is 0.400. The van der Waals surface area contributed by atoms with Crippen LogP contribution in [0.4, 0.5) is 5.69 Å². The Labute approximate surface area is 120 Å². The number of nitrogens with zero attached hydrogens (tertiary/aromatic N) is 1. The number of halogens is 1. The first-order chi connectivity index (χ1) is 8.93. The predicted octanol–water partition coefficient (Wildman–Crippen LogP) is 3.57. The van der Waals surface area contributed by atoms with Gasteiger partial charge in [-0.1, -0.05) is 30.7 Å². The van der Waals surface area contributed by atoms with Crippen LogP contribution in [0.2, 0.25) is 5.02 Å². The van der Waals surface area contributed by atoms with Crippen molar-refractivity contribution in [2.75, 3.05) is 18.4 Å². The van der Waals surface area contributed by atoms with Gasteiger partial charge in [-0.2, -0.15) is 0 Å². The Bertz CT molecular complexity index is 442. The minimum atomic E-state index is -0.197. The van der Waals surface area contributed by atoms with Gasteiger partial charge >= 0.3 is 0 Å². The molecule has 0 spiro atoms. The molecule has 4 heteroatoms. The minimum absolute atomic E-state index is 0.0228. The van der Waals surface area contributed by atoms with Crippen LogP contribution in [0.25, 0.3) is 0 Å². The number of hydrogen-bond donors (Lipinski definition) is 1. The highest BCUT2D eigenvalue weighted by atomic mass is 35.5. The third-order valence-corrected chi connectivity index (χ3v) is 3.17. The second kappa shape index (κ2) is 7.31. The highest BCUT2D eigenvalue weighted by Gasteiger charge is 2.19. The normalized spacial score (nSPS) is 12.3. The van der Waals surface area contributed by atoms with Crippen molar-refractivity contribution in [3.8, 4) is 0 Å². The van der Waals surface area contributed by atoms with Crippen molar-refractivity contribution in [3.63, 3.8) is 0 Å². The van der Waals surface area contributed by atoms with Crippen molar-refractivity contribution in [2.24, 2.45) is 0 Å². The monoisotopic (exact) mass is 280 g/mol. The number of hydrogen-bond acceptors (Lipinski definition) is 2. The lowest BCUT2D eigenvalue weighted by Gasteiger charge is -2.27. The Kier molecular flexibility index (Phi) is 6.06. The number of carbonyl (C=O) groups is 1. The van der Waals surface area contributed by atoms with Crippen LogP contribution in [0.15, 0.2) is 36.4 Å². The van der Waals surface area contributed by atoms with Gasteiger partial charge in [0.25, 0.3) is 0 Å². The van der Waals surface area contributed by atoms with Crippen LogP contribution >= 0.6 is 11.6 Å². The summed E-state index contributed by atoms with van der Waals surface area (Å²) in [4.78, 5) is 14.2. The summed E-state index contributed by atoms with van der Waals surface area (Å²) < 4.78 is 0. The van der Waals surface area contributed by atoms with Crippen molar-refractivity contribution < 1.29 is 4.79 Å². The third-order valence-electron chi connectivity index (χ3n) is 2.92. The third kappa shape index (κ3) is 5.05. The van der Waals surface area contributed by atoms with Crippen LogP contribution in [0.3, 0.4) is 0 Å². The summed E-state index contributed by atoms with van der Waals surface area (Å²) >= 11 is 5.81. The molecule has 0 bridgehead atoms. The molecule has 0 aliphatic rings. The maximum atomic E-state index is 12.2. The highest BCUT2D eigenvalue weighted by molar-refractivity contribution is 6.30. The van der Waals surface area contributed by atoms with Gasteiger partial charge < -0.3 is 5.32 Å². The van der Waals surface area contributed by atoms with Crippen LogP contribution in [0.1, 0.15) is 20.8 Å². The van der Waals surface area contributed by atoms with Crippen LogP contribution < -0.4 is 5.32 Å². The first-order valence-electron chi connectivity index (χ1n) is 6.39. The van der Waals surface area contributed by atoms with E-state index in [9.17, 15) is 4.79 Å². The fourth-order valence-corrected chi connectivity index (χ4v) is 1.94. The molecule has 0 fully saturated rings. The lowest BCUT2D eigenvalue weighted by molar-refractivity contribution is -0.120. The van der Waals surface area contributed by atoms with E-state index in [1.54, 1.807) is 24.3 Å². The first kappa shape index (κ1) is 15.7. The number of carbonyl (C=O) groups excluding carboxylic acids is 1. The molecule has 0 aliphatic heterocycles. The van der Waals surface area contributed by atoms with E-state index in [0.717, 1.165) is 24.4 Å². The van der Waals surface area contributed by atoms with Gasteiger partial charge in [0.1, 0.15) is 0 Å². The smallest absolute Gasteiger partial charge is 0.241 e. The number of nitrogens with one attached hydrogen (secondary N) is 1. The number of anilines is 1. The lowest BCUT2D eigenvalue weighted by atomic mass is 10.2. The Morgan fingerprint density at radius 3 is 2.47 bits per heavy atom. The summed E-state index contributed by atoms with van der Waals surface area (Å²) in [6.45, 7) is 11.3. The average Bonchev–Trinajstić information content (AvgIpc) is 2.37. The Morgan fingerprint density at radius 1 is 1.42 bits per heavy atom. The molecule has 1 unspecified atom stereocenters. The van der Waals surface area contributed by atoms with E-state index in [4.69, 9.17) is 11.6 Å². The van der Waals surface area contributed by atoms with Gasteiger partial charge in [0.05, 0.1) is 6.04 Å². The maximum Gasteiger partial charge on any atom is 0.241 e. The van der Waals surface area contributed by atoms with Crippen molar-refractivity contribution in [2.45, 2.75) is 26.8 Å². The van der Waals surface area contributed by atoms with E-state index < -0.39 is 0 Å². The van der Waals surface area contributed by atoms with Gasteiger partial charge in [-0.15, -0.1) is 0 Å². The second-order valence-electron chi connectivity index (χ2n) is 4.69. The molecule has 1 rings (SSSR count). The quantitative estimate of drug-likeness (QED) is 0.808. The van der Waals surface area contributed by atoms with Crippen molar-refractivity contribution >= 4 is 23.2 Å². The molecule has 1 atom stereocenters. The van der Waals surface area contributed by atoms with Crippen LogP contribution in [0, 0.1) is 0 Å². The van der Waals surface area contributed by atoms with Crippen molar-refractivity contribution in [1.82, 2.24) is 4.90 Å². The number of rotatable bonds is 6. The van der Waals surface area contributed by atoms with Gasteiger partial charge in [-0.05, 0) is 44.7 Å². The van der Waals surface area contributed by atoms with E-state index in [1.165, 1.54) is 0 Å². The standard InChI is InChI=1S/C15H21ClN2O/c1-5-18(10-11(2)3)12(4)15(19)17-14-8-6-13(16)7-9-14/h6-9,12H,2,5,10H2,1,3-4H3,(H,17,19). The van der Waals surface area contributed by atoms with E-state index in [-0.39, 0.29) is 11.9 Å². The second-order valence-corrected chi connectivity index (χ2v) is 5.13. The molecular weight excluding hydrogens is 260 g/mol. The molecule has 0 radical (unpaired) electrons. The van der Waals surface area contributed by atoms with Gasteiger partial charge in [0.15, 0.2) is 0 Å². The minimum Gasteiger partial charge on any atom is -0.325 e. The Hall–Kier alpha value is -1.32. The van der Waals surface area contributed by atoms with Crippen molar-refractivity contribution in [3.05, 3.63) is 41.4 Å². The topological polar surface area (TPSA) is 32.3 Å². The molecule has 1 aromatic rings. The summed E-state index contributed by atoms with van der Waals surface area (Å²) in [6.07, 6.45) is 0. The number of benzene rings is 1. The Balaban J connectivity index is 2.65. The maximum absolute atomic E-state index is 12.2. The molecule has 104 valence electrons. The molecule has 0 saturated heterocycles. The molecule has 0 saturated carbocycles. The van der Waals surface area contributed by atoms with Gasteiger partial charge in [0.2, 0.25) is 5.91 Å². The average molecular weight is 281 g/mol. The molecule has 3 nitrogen and oxygen atoms in total. The number of amides is 1. The molecule has 19 heavy (non-hydrogen) atoms. The van der Waals surface area contributed by atoms with Gasteiger partial charge in [-0.3, -0.25) is 9.69 Å². The lowest BCUT2D eigenvalue weighted by Crippen LogP contribution is -2.42. The summed E-state index contributed by atoms with van der Waals surface area (Å²) in [7, 11) is 0. The predicted molar refractivity (Wildman–Crippen MR) is 81.6 cm³/mol. The van der Waals surface area contributed by atoms with E-state index >= 15 is 0 Å². The molecule has 0 aromatic heterocycles. The fourth-order valence-electron chi connectivity index (χ4n) is 1.82. The molecule has 0 heterocycles. The largest absolute Gasteiger partial charge is 0.325 e. The van der Waals surface area contributed by atoms with Crippen LogP contribution in [-0.4, -0.2) is 29.9 Å². The summed E-state index contributed by atoms with van der Waals surface area (Å²) in [6, 6.07) is 6.90. The van der Waals surface area contributed by atoms with Gasteiger partial charge in [-0.25, -0.2) is 0 Å². The van der Waals surface area contributed by atoms with Crippen LogP contribution in [-0.2, 0) is 4.79 Å². The summed E-state index contributed by atoms with van der Waals surface area (Å²) in [5, 5.41) is 3.54. The SMILES string of the molecule is C=C(C)CN(CC)C(C)C(=O)Nc1ccc(Cl)cc1. The Morgan fingerprint density at radius 2 is 2.00 bits per heavy atom. The molecule has 0 aliphatic carbocycles. The summed E-state index contributed by atoms with van der Waals surface area (Å²) in [5.41, 5.74) is 1.81. The number of likely N-dealkylation sites (N-methyl/N-ethyl adjacent to an activating group) is 1. The van der Waals surface area contributed by atoms with Crippen LogP contribution in [0.5, 0.6) is 0 Å².